The van der Waals surface area contributed by atoms with Crippen molar-refractivity contribution < 1.29 is 5.11 Å². The number of aliphatic hydroxyl groups excluding tert-OH is 1. The van der Waals surface area contributed by atoms with E-state index in [0.29, 0.717) is 6.42 Å². The molecule has 0 fully saturated rings. The molecule has 0 saturated carbocycles. The first-order valence-corrected chi connectivity index (χ1v) is 8.18. The normalized spacial score (nSPS) is 12.9. The van der Waals surface area contributed by atoms with E-state index in [1.807, 2.05) is 0 Å². The Morgan fingerprint density at radius 1 is 1.05 bits per heavy atom. The highest BCUT2D eigenvalue weighted by molar-refractivity contribution is 7.26. The third kappa shape index (κ3) is 2.73. The largest absolute Gasteiger partial charge is 0.387 e. The maximum Gasteiger partial charge on any atom is 0.0922 e. The number of aryl methyl sites for hydroxylation is 1. The number of rotatable bonds is 4. The topological polar surface area (TPSA) is 20.2 Å². The van der Waals surface area contributed by atoms with Crippen LogP contribution in [-0.2, 0) is 12.8 Å². The standard InChI is InChI=1S/C16H16OS2/c1-2-11-3-5-12(6-4-11)9-13(17)15-10-16-14(19-15)7-8-18-16/h3-8,10,13,17H,2,9H2,1H3. The van der Waals surface area contributed by atoms with E-state index in [1.165, 1.54) is 20.5 Å². The number of fused-ring (bicyclic) bond motifs is 1. The maximum atomic E-state index is 10.3. The summed E-state index contributed by atoms with van der Waals surface area (Å²) in [7, 11) is 0. The minimum atomic E-state index is -0.392. The van der Waals surface area contributed by atoms with Gasteiger partial charge in [0.1, 0.15) is 0 Å². The van der Waals surface area contributed by atoms with E-state index in [0.717, 1.165) is 11.3 Å². The molecule has 1 atom stereocenters. The van der Waals surface area contributed by atoms with E-state index in [-0.39, 0.29) is 0 Å². The predicted molar refractivity (Wildman–Crippen MR) is 84.2 cm³/mol. The Bertz CT molecular complexity index is 635. The van der Waals surface area contributed by atoms with Crippen molar-refractivity contribution in [2.24, 2.45) is 0 Å². The molecule has 0 spiro atoms. The molecule has 0 saturated heterocycles. The number of hydrogen-bond acceptors (Lipinski definition) is 3. The van der Waals surface area contributed by atoms with Crippen molar-refractivity contribution in [1.29, 1.82) is 0 Å². The first kappa shape index (κ1) is 12.9. The average Bonchev–Trinajstić information content (AvgIpc) is 3.00. The SMILES string of the molecule is CCc1ccc(CC(O)c2cc3sccc3s2)cc1. The highest BCUT2D eigenvalue weighted by Gasteiger charge is 2.12. The number of aliphatic hydroxyl groups is 1. The van der Waals surface area contributed by atoms with Crippen molar-refractivity contribution in [3.63, 3.8) is 0 Å². The van der Waals surface area contributed by atoms with Crippen molar-refractivity contribution >= 4 is 32.1 Å². The van der Waals surface area contributed by atoms with E-state index in [9.17, 15) is 5.11 Å². The van der Waals surface area contributed by atoms with Crippen molar-refractivity contribution in [2.75, 3.05) is 0 Å². The summed E-state index contributed by atoms with van der Waals surface area (Å²) in [6.07, 6.45) is 1.36. The second kappa shape index (κ2) is 5.45. The zero-order chi connectivity index (χ0) is 13.2. The van der Waals surface area contributed by atoms with Gasteiger partial charge in [0.25, 0.3) is 0 Å². The summed E-state index contributed by atoms with van der Waals surface area (Å²) in [6, 6.07) is 12.8. The van der Waals surface area contributed by atoms with Gasteiger partial charge in [-0.1, -0.05) is 31.2 Å². The maximum absolute atomic E-state index is 10.3. The third-order valence-electron chi connectivity index (χ3n) is 3.35. The molecule has 2 heterocycles. The van der Waals surface area contributed by atoms with Crippen LogP contribution in [0.1, 0.15) is 29.0 Å². The van der Waals surface area contributed by atoms with Gasteiger partial charge in [-0.2, -0.15) is 0 Å². The fraction of sp³-hybridized carbons (Fsp3) is 0.250. The van der Waals surface area contributed by atoms with E-state index >= 15 is 0 Å². The minimum Gasteiger partial charge on any atom is -0.387 e. The predicted octanol–water partition coefficient (Wildman–Crippen LogP) is 4.80. The number of hydrogen-bond donors (Lipinski definition) is 1. The lowest BCUT2D eigenvalue weighted by Crippen LogP contribution is -1.99. The molecule has 0 radical (unpaired) electrons. The molecule has 0 bridgehead atoms. The Hall–Kier alpha value is -1.16. The molecule has 0 aliphatic rings. The molecule has 0 aliphatic heterocycles. The van der Waals surface area contributed by atoms with Crippen molar-refractivity contribution in [3.05, 3.63) is 57.8 Å². The van der Waals surface area contributed by atoms with Crippen LogP contribution in [0, 0.1) is 0 Å². The van der Waals surface area contributed by atoms with Gasteiger partial charge in [0.2, 0.25) is 0 Å². The van der Waals surface area contributed by atoms with Crippen LogP contribution in [0.25, 0.3) is 9.40 Å². The number of thiophene rings is 2. The Labute approximate surface area is 121 Å². The summed E-state index contributed by atoms with van der Waals surface area (Å²) in [4.78, 5) is 1.07. The summed E-state index contributed by atoms with van der Waals surface area (Å²) in [5.74, 6) is 0. The third-order valence-corrected chi connectivity index (χ3v) is 5.54. The van der Waals surface area contributed by atoms with E-state index < -0.39 is 6.10 Å². The van der Waals surface area contributed by atoms with Crippen LogP contribution in [0.4, 0.5) is 0 Å². The molecule has 98 valence electrons. The fourth-order valence-electron chi connectivity index (χ4n) is 2.18. The van der Waals surface area contributed by atoms with E-state index in [1.54, 1.807) is 22.7 Å². The molecule has 3 aromatic rings. The van der Waals surface area contributed by atoms with Crippen molar-refractivity contribution in [3.8, 4) is 0 Å². The quantitative estimate of drug-likeness (QED) is 0.731. The van der Waals surface area contributed by atoms with Gasteiger partial charge in [-0.05, 0) is 35.1 Å². The van der Waals surface area contributed by atoms with Crippen molar-refractivity contribution in [1.82, 2.24) is 0 Å². The molecular formula is C16H16OS2. The van der Waals surface area contributed by atoms with Crippen LogP contribution >= 0.6 is 22.7 Å². The summed E-state index contributed by atoms with van der Waals surface area (Å²) in [5, 5.41) is 12.4. The van der Waals surface area contributed by atoms with Gasteiger partial charge in [0.05, 0.1) is 6.10 Å². The highest BCUT2D eigenvalue weighted by Crippen LogP contribution is 2.34. The molecule has 0 aliphatic carbocycles. The fourth-order valence-corrected chi connectivity index (χ4v) is 4.29. The van der Waals surface area contributed by atoms with E-state index in [4.69, 9.17) is 0 Å². The van der Waals surface area contributed by atoms with Crippen LogP contribution in [0.5, 0.6) is 0 Å². The summed E-state index contributed by atoms with van der Waals surface area (Å²) >= 11 is 3.44. The molecule has 3 heteroatoms. The van der Waals surface area contributed by atoms with Gasteiger partial charge in [-0.25, -0.2) is 0 Å². The molecule has 19 heavy (non-hydrogen) atoms. The van der Waals surface area contributed by atoms with Crippen LogP contribution in [0.3, 0.4) is 0 Å². The first-order chi connectivity index (χ1) is 9.26. The Morgan fingerprint density at radius 3 is 2.47 bits per heavy atom. The van der Waals surface area contributed by atoms with Crippen LogP contribution in [0.15, 0.2) is 41.8 Å². The molecule has 3 rings (SSSR count). The molecule has 1 unspecified atom stereocenters. The van der Waals surface area contributed by atoms with Gasteiger partial charge in [-0.3, -0.25) is 0 Å². The summed E-state index contributed by atoms with van der Waals surface area (Å²) < 4.78 is 2.56. The van der Waals surface area contributed by atoms with Gasteiger partial charge < -0.3 is 5.11 Å². The summed E-state index contributed by atoms with van der Waals surface area (Å²) in [5.41, 5.74) is 2.54. The lowest BCUT2D eigenvalue weighted by atomic mass is 10.0. The molecule has 1 nitrogen and oxygen atoms in total. The van der Waals surface area contributed by atoms with Gasteiger partial charge in [-0.15, -0.1) is 22.7 Å². The average molecular weight is 288 g/mol. The van der Waals surface area contributed by atoms with Crippen LogP contribution in [0.2, 0.25) is 0 Å². The van der Waals surface area contributed by atoms with E-state index in [2.05, 4.69) is 48.7 Å². The zero-order valence-electron chi connectivity index (χ0n) is 10.8. The first-order valence-electron chi connectivity index (χ1n) is 6.49. The smallest absolute Gasteiger partial charge is 0.0922 e. The Balaban J connectivity index is 1.76. The monoisotopic (exact) mass is 288 g/mol. The molecule has 1 aromatic carbocycles. The van der Waals surface area contributed by atoms with Crippen molar-refractivity contribution in [2.45, 2.75) is 25.9 Å². The molecule has 0 amide bonds. The molecular weight excluding hydrogens is 272 g/mol. The van der Waals surface area contributed by atoms with Gasteiger partial charge in [0, 0.05) is 20.7 Å². The van der Waals surface area contributed by atoms with Gasteiger partial charge in [0.15, 0.2) is 0 Å². The highest BCUT2D eigenvalue weighted by atomic mass is 32.1. The molecule has 1 N–H and O–H groups in total. The number of benzene rings is 1. The Kier molecular flexibility index (Phi) is 3.69. The van der Waals surface area contributed by atoms with Crippen LogP contribution < -0.4 is 0 Å². The second-order valence-electron chi connectivity index (χ2n) is 4.69. The lowest BCUT2D eigenvalue weighted by Gasteiger charge is -2.09. The second-order valence-corrected chi connectivity index (χ2v) is 6.75. The minimum absolute atomic E-state index is 0.392. The lowest BCUT2D eigenvalue weighted by molar-refractivity contribution is 0.182. The zero-order valence-corrected chi connectivity index (χ0v) is 12.4. The van der Waals surface area contributed by atoms with Crippen LogP contribution in [-0.4, -0.2) is 5.11 Å². The van der Waals surface area contributed by atoms with Gasteiger partial charge >= 0.3 is 0 Å². The summed E-state index contributed by atoms with van der Waals surface area (Å²) in [6.45, 7) is 2.15. The Morgan fingerprint density at radius 2 is 1.79 bits per heavy atom. The molecule has 2 aromatic heterocycles.